The van der Waals surface area contributed by atoms with E-state index in [4.69, 9.17) is 0 Å². The zero-order valence-electron chi connectivity index (χ0n) is 14.4. The molecule has 0 aliphatic carbocycles. The summed E-state index contributed by atoms with van der Waals surface area (Å²) in [6.45, 7) is 1.94. The van der Waals surface area contributed by atoms with Gasteiger partial charge in [-0.15, -0.1) is 0 Å². The van der Waals surface area contributed by atoms with Gasteiger partial charge in [0.2, 0.25) is 0 Å². The van der Waals surface area contributed by atoms with Gasteiger partial charge in [0.1, 0.15) is 5.82 Å². The highest BCUT2D eigenvalue weighted by molar-refractivity contribution is 7.91. The maximum Gasteiger partial charge on any atom is 0.177 e. The van der Waals surface area contributed by atoms with Crippen LogP contribution in [0.4, 0.5) is 10.1 Å². The molecule has 5 nitrogen and oxygen atoms in total. The van der Waals surface area contributed by atoms with Crippen LogP contribution in [-0.2, 0) is 26.2 Å². The summed E-state index contributed by atoms with van der Waals surface area (Å²) in [5.41, 5.74) is 1.56. The van der Waals surface area contributed by atoms with Crippen LogP contribution in [0.25, 0.3) is 0 Å². The number of nitrogens with zero attached hydrogens (tertiary/aromatic N) is 1. The molecular formula is C17H20FNO4S2. The van der Waals surface area contributed by atoms with Crippen molar-refractivity contribution in [3.8, 4) is 0 Å². The van der Waals surface area contributed by atoms with E-state index in [1.165, 1.54) is 18.2 Å². The SMILES string of the molecule is Cc1ccc(CN(C)c2ccc(S(C)(=O)=O)cc2S(C)(=O)=O)cc1F. The van der Waals surface area contributed by atoms with Gasteiger partial charge < -0.3 is 4.90 Å². The topological polar surface area (TPSA) is 71.5 Å². The lowest BCUT2D eigenvalue weighted by Crippen LogP contribution is -2.19. The molecule has 2 aromatic carbocycles. The summed E-state index contributed by atoms with van der Waals surface area (Å²) in [6, 6.07) is 8.80. The molecule has 25 heavy (non-hydrogen) atoms. The standard InChI is InChI=1S/C17H20FNO4S2/c1-12-5-6-13(9-15(12)18)11-19(2)16-8-7-14(24(3,20)21)10-17(16)25(4,22)23/h5-10H,11H2,1-4H3. The van der Waals surface area contributed by atoms with Gasteiger partial charge in [0.25, 0.3) is 0 Å². The summed E-state index contributed by atoms with van der Waals surface area (Å²) >= 11 is 0. The molecule has 0 spiro atoms. The molecule has 0 heterocycles. The first-order valence-corrected chi connectivity index (χ1v) is 11.2. The molecule has 0 bridgehead atoms. The predicted octanol–water partition coefficient (Wildman–Crippen LogP) is 2.58. The van der Waals surface area contributed by atoms with Crippen molar-refractivity contribution in [3.05, 3.63) is 53.3 Å². The van der Waals surface area contributed by atoms with Crippen LogP contribution >= 0.6 is 0 Å². The molecule has 0 atom stereocenters. The lowest BCUT2D eigenvalue weighted by atomic mass is 10.1. The van der Waals surface area contributed by atoms with Crippen molar-refractivity contribution < 1.29 is 21.2 Å². The molecule has 0 saturated carbocycles. The Morgan fingerprint density at radius 1 is 0.960 bits per heavy atom. The van der Waals surface area contributed by atoms with Gasteiger partial charge in [-0.1, -0.05) is 12.1 Å². The van der Waals surface area contributed by atoms with Gasteiger partial charge >= 0.3 is 0 Å². The summed E-state index contributed by atoms with van der Waals surface area (Å²) in [6.07, 6.45) is 2.05. The second-order valence-electron chi connectivity index (χ2n) is 6.11. The van der Waals surface area contributed by atoms with Gasteiger partial charge in [-0.2, -0.15) is 0 Å². The summed E-state index contributed by atoms with van der Waals surface area (Å²) < 4.78 is 61.3. The number of hydrogen-bond donors (Lipinski definition) is 0. The van der Waals surface area contributed by atoms with Gasteiger partial charge in [-0.05, 0) is 42.3 Å². The number of anilines is 1. The Bertz CT molecular complexity index is 1010. The van der Waals surface area contributed by atoms with Crippen molar-refractivity contribution in [2.45, 2.75) is 23.3 Å². The molecule has 0 aromatic heterocycles. The molecule has 0 aliphatic rings. The lowest BCUT2D eigenvalue weighted by molar-refractivity contribution is 0.599. The minimum atomic E-state index is -3.65. The number of sulfone groups is 2. The summed E-state index contributed by atoms with van der Waals surface area (Å²) in [4.78, 5) is 1.50. The van der Waals surface area contributed by atoms with E-state index in [9.17, 15) is 21.2 Å². The Morgan fingerprint density at radius 2 is 1.60 bits per heavy atom. The van der Waals surface area contributed by atoms with Crippen molar-refractivity contribution >= 4 is 25.4 Å². The number of rotatable bonds is 5. The van der Waals surface area contributed by atoms with Crippen molar-refractivity contribution in [1.29, 1.82) is 0 Å². The highest BCUT2D eigenvalue weighted by atomic mass is 32.2. The summed E-state index contributed by atoms with van der Waals surface area (Å²) in [7, 11) is -5.51. The average molecular weight is 385 g/mol. The first kappa shape index (κ1) is 19.4. The van der Waals surface area contributed by atoms with Crippen LogP contribution in [0.3, 0.4) is 0 Å². The van der Waals surface area contributed by atoms with Crippen LogP contribution in [-0.4, -0.2) is 36.4 Å². The zero-order valence-corrected chi connectivity index (χ0v) is 16.1. The Hall–Kier alpha value is -1.93. The second-order valence-corrected chi connectivity index (χ2v) is 10.1. The zero-order chi connectivity index (χ0) is 19.0. The highest BCUT2D eigenvalue weighted by Gasteiger charge is 2.20. The Kier molecular flexibility index (Phi) is 5.24. The van der Waals surface area contributed by atoms with Crippen molar-refractivity contribution in [1.82, 2.24) is 0 Å². The van der Waals surface area contributed by atoms with Crippen LogP contribution in [0, 0.1) is 12.7 Å². The third-order valence-corrected chi connectivity index (χ3v) is 6.06. The van der Waals surface area contributed by atoms with E-state index in [1.54, 1.807) is 31.0 Å². The predicted molar refractivity (Wildman–Crippen MR) is 95.9 cm³/mol. The second kappa shape index (κ2) is 6.76. The minimum Gasteiger partial charge on any atom is -0.369 e. The Labute approximate surface area is 147 Å². The van der Waals surface area contributed by atoms with Crippen LogP contribution in [0.1, 0.15) is 11.1 Å². The molecule has 0 amide bonds. The fourth-order valence-corrected chi connectivity index (χ4v) is 4.10. The van der Waals surface area contributed by atoms with Crippen LogP contribution in [0.2, 0.25) is 0 Å². The number of halogens is 1. The monoisotopic (exact) mass is 385 g/mol. The van der Waals surface area contributed by atoms with E-state index in [0.717, 1.165) is 18.6 Å². The number of aryl methyl sites for hydroxylation is 1. The number of benzene rings is 2. The van der Waals surface area contributed by atoms with E-state index in [-0.39, 0.29) is 22.2 Å². The fourth-order valence-electron chi connectivity index (χ4n) is 2.43. The van der Waals surface area contributed by atoms with E-state index >= 15 is 0 Å². The van der Waals surface area contributed by atoms with E-state index < -0.39 is 19.7 Å². The molecule has 0 radical (unpaired) electrons. The first-order valence-electron chi connectivity index (χ1n) is 7.40. The van der Waals surface area contributed by atoms with E-state index in [1.807, 2.05) is 0 Å². The fraction of sp³-hybridized carbons (Fsp3) is 0.294. The summed E-state index contributed by atoms with van der Waals surface area (Å²) in [5, 5.41) is 0. The quantitative estimate of drug-likeness (QED) is 0.791. The van der Waals surface area contributed by atoms with Gasteiger partial charge in [-0.3, -0.25) is 0 Å². The molecule has 0 fully saturated rings. The van der Waals surface area contributed by atoms with Gasteiger partial charge in [-0.25, -0.2) is 21.2 Å². The first-order chi connectivity index (χ1) is 11.4. The maximum absolute atomic E-state index is 13.7. The highest BCUT2D eigenvalue weighted by Crippen LogP contribution is 2.28. The number of hydrogen-bond acceptors (Lipinski definition) is 5. The van der Waals surface area contributed by atoms with Gasteiger partial charge in [0.15, 0.2) is 19.7 Å². The molecule has 0 unspecified atom stereocenters. The van der Waals surface area contributed by atoms with Crippen molar-refractivity contribution in [2.24, 2.45) is 0 Å². The van der Waals surface area contributed by atoms with E-state index in [0.29, 0.717) is 16.8 Å². The Morgan fingerprint density at radius 3 is 2.12 bits per heavy atom. The molecule has 0 N–H and O–H groups in total. The normalized spacial score (nSPS) is 12.2. The largest absolute Gasteiger partial charge is 0.369 e. The average Bonchev–Trinajstić information content (AvgIpc) is 2.48. The molecule has 8 heteroatoms. The van der Waals surface area contributed by atoms with Gasteiger partial charge in [0, 0.05) is 26.1 Å². The third-order valence-electron chi connectivity index (χ3n) is 3.83. The Balaban J connectivity index is 2.48. The third kappa shape index (κ3) is 4.58. The molecule has 2 rings (SSSR count). The smallest absolute Gasteiger partial charge is 0.177 e. The maximum atomic E-state index is 13.7. The molecular weight excluding hydrogens is 365 g/mol. The van der Waals surface area contributed by atoms with E-state index in [2.05, 4.69) is 0 Å². The summed E-state index contributed by atoms with van der Waals surface area (Å²) in [5.74, 6) is -0.332. The minimum absolute atomic E-state index is 0.0635. The lowest BCUT2D eigenvalue weighted by Gasteiger charge is -2.22. The van der Waals surface area contributed by atoms with Crippen molar-refractivity contribution in [3.63, 3.8) is 0 Å². The molecule has 0 aliphatic heterocycles. The van der Waals surface area contributed by atoms with Crippen LogP contribution in [0.5, 0.6) is 0 Å². The van der Waals surface area contributed by atoms with Crippen LogP contribution < -0.4 is 4.90 Å². The molecule has 136 valence electrons. The van der Waals surface area contributed by atoms with Crippen LogP contribution in [0.15, 0.2) is 46.2 Å². The van der Waals surface area contributed by atoms with Gasteiger partial charge in [0.05, 0.1) is 15.5 Å². The molecule has 2 aromatic rings. The van der Waals surface area contributed by atoms with Crippen molar-refractivity contribution in [2.75, 3.05) is 24.5 Å². The molecule has 0 saturated heterocycles.